The number of esters is 2. The normalized spacial score (nSPS) is 12.4. The second-order valence-corrected chi connectivity index (χ2v) is 5.14. The van der Waals surface area contributed by atoms with Crippen LogP contribution in [0, 0.1) is 5.92 Å². The van der Waals surface area contributed by atoms with E-state index < -0.39 is 5.97 Å². The van der Waals surface area contributed by atoms with E-state index in [1.807, 2.05) is 25.1 Å². The molecule has 0 spiro atoms. The molecule has 0 heterocycles. The average Bonchev–Trinajstić information content (AvgIpc) is 2.55. The number of carbonyl (C=O) groups excluding carboxylic acids is 3. The molecule has 5 nitrogen and oxygen atoms in total. The maximum Gasteiger partial charge on any atom is 0.341 e. The molecule has 124 valence electrons. The van der Waals surface area contributed by atoms with Crippen LogP contribution < -0.4 is 0 Å². The van der Waals surface area contributed by atoms with E-state index in [-0.39, 0.29) is 36.5 Å². The first kappa shape index (κ1) is 18.6. The van der Waals surface area contributed by atoms with Crippen LogP contribution in [0.2, 0.25) is 0 Å². The number of Topliss-reactive ketones (excluding diaryl/α,β-unsaturated/α-hetero) is 1. The average molecular weight is 318 g/mol. The Kier molecular flexibility index (Phi) is 7.74. The zero-order valence-corrected chi connectivity index (χ0v) is 13.7. The van der Waals surface area contributed by atoms with Gasteiger partial charge in [-0.25, -0.2) is 4.79 Å². The summed E-state index contributed by atoms with van der Waals surface area (Å²) < 4.78 is 9.98. The first-order valence-electron chi connectivity index (χ1n) is 7.57. The largest absolute Gasteiger partial charge is 0.462 e. The van der Waals surface area contributed by atoms with Gasteiger partial charge >= 0.3 is 11.9 Å². The van der Waals surface area contributed by atoms with Gasteiger partial charge in [-0.1, -0.05) is 44.2 Å². The summed E-state index contributed by atoms with van der Waals surface area (Å²) in [5.74, 6) is -1.61. The monoisotopic (exact) mass is 318 g/mol. The van der Waals surface area contributed by atoms with Crippen molar-refractivity contribution in [2.24, 2.45) is 5.92 Å². The van der Waals surface area contributed by atoms with E-state index >= 15 is 0 Å². The first-order chi connectivity index (χ1) is 11.0. The van der Waals surface area contributed by atoms with Crippen molar-refractivity contribution >= 4 is 23.8 Å². The SMILES string of the molecule is CCC(C)C(=O)OCCOC(=O)C(=Cc1ccccc1)C(C)=O. The quantitative estimate of drug-likeness (QED) is 0.242. The number of rotatable bonds is 8. The van der Waals surface area contributed by atoms with Gasteiger partial charge in [0.15, 0.2) is 5.78 Å². The number of ketones is 1. The van der Waals surface area contributed by atoms with Crippen LogP contribution in [0.4, 0.5) is 0 Å². The predicted molar refractivity (Wildman–Crippen MR) is 86.5 cm³/mol. The Morgan fingerprint density at radius 1 is 1.09 bits per heavy atom. The van der Waals surface area contributed by atoms with Gasteiger partial charge in [-0.05, 0) is 25.0 Å². The molecule has 0 amide bonds. The lowest BCUT2D eigenvalue weighted by molar-refractivity contribution is -0.153. The second-order valence-electron chi connectivity index (χ2n) is 5.14. The van der Waals surface area contributed by atoms with E-state index in [0.29, 0.717) is 6.42 Å². The van der Waals surface area contributed by atoms with Crippen LogP contribution in [0.15, 0.2) is 35.9 Å². The molecule has 0 aliphatic carbocycles. The molecule has 1 unspecified atom stereocenters. The summed E-state index contributed by atoms with van der Waals surface area (Å²) in [6, 6.07) is 9.02. The minimum Gasteiger partial charge on any atom is -0.462 e. The zero-order valence-electron chi connectivity index (χ0n) is 13.7. The van der Waals surface area contributed by atoms with E-state index in [2.05, 4.69) is 0 Å². The van der Waals surface area contributed by atoms with Gasteiger partial charge < -0.3 is 9.47 Å². The standard InChI is InChI=1S/C18H22O5/c1-4-13(2)17(20)22-10-11-23-18(21)16(14(3)19)12-15-8-6-5-7-9-15/h5-9,12-13H,4,10-11H2,1-3H3. The van der Waals surface area contributed by atoms with Gasteiger partial charge in [0.2, 0.25) is 0 Å². The van der Waals surface area contributed by atoms with E-state index in [9.17, 15) is 14.4 Å². The predicted octanol–water partition coefficient (Wildman–Crippen LogP) is 2.79. The van der Waals surface area contributed by atoms with Crippen LogP contribution in [0.3, 0.4) is 0 Å². The Morgan fingerprint density at radius 2 is 1.70 bits per heavy atom. The highest BCUT2D eigenvalue weighted by molar-refractivity contribution is 6.19. The van der Waals surface area contributed by atoms with Gasteiger partial charge in [0.25, 0.3) is 0 Å². The molecule has 1 aromatic carbocycles. The Bertz CT molecular complexity index is 574. The van der Waals surface area contributed by atoms with Gasteiger partial charge in [-0.3, -0.25) is 9.59 Å². The van der Waals surface area contributed by atoms with Crippen molar-refractivity contribution in [1.29, 1.82) is 0 Å². The molecule has 0 saturated heterocycles. The maximum atomic E-state index is 12.0. The van der Waals surface area contributed by atoms with E-state index in [0.717, 1.165) is 5.56 Å². The van der Waals surface area contributed by atoms with Crippen molar-refractivity contribution < 1.29 is 23.9 Å². The van der Waals surface area contributed by atoms with E-state index in [1.165, 1.54) is 13.0 Å². The molecular weight excluding hydrogens is 296 g/mol. The van der Waals surface area contributed by atoms with Crippen LogP contribution in [-0.4, -0.2) is 30.9 Å². The summed E-state index contributed by atoms with van der Waals surface area (Å²) >= 11 is 0. The van der Waals surface area contributed by atoms with Gasteiger partial charge in [0.05, 0.1) is 5.92 Å². The lowest BCUT2D eigenvalue weighted by Gasteiger charge is -2.10. The molecule has 0 N–H and O–H groups in total. The van der Waals surface area contributed by atoms with Crippen molar-refractivity contribution in [2.75, 3.05) is 13.2 Å². The molecule has 0 aliphatic heterocycles. The Hall–Kier alpha value is -2.43. The highest BCUT2D eigenvalue weighted by Gasteiger charge is 2.17. The molecule has 1 rings (SSSR count). The third kappa shape index (κ3) is 6.46. The fourth-order valence-corrected chi connectivity index (χ4v) is 1.68. The lowest BCUT2D eigenvalue weighted by atomic mass is 10.1. The smallest absolute Gasteiger partial charge is 0.341 e. The Labute approximate surface area is 136 Å². The minimum absolute atomic E-state index is 0.0224. The van der Waals surface area contributed by atoms with Crippen molar-refractivity contribution in [1.82, 2.24) is 0 Å². The van der Waals surface area contributed by atoms with Crippen molar-refractivity contribution in [3.8, 4) is 0 Å². The van der Waals surface area contributed by atoms with Crippen LogP contribution in [0.5, 0.6) is 0 Å². The van der Waals surface area contributed by atoms with Crippen LogP contribution in [0.1, 0.15) is 32.8 Å². The van der Waals surface area contributed by atoms with Gasteiger partial charge in [0, 0.05) is 0 Å². The maximum absolute atomic E-state index is 12.0. The topological polar surface area (TPSA) is 69.7 Å². The fraction of sp³-hybridized carbons (Fsp3) is 0.389. The van der Waals surface area contributed by atoms with Gasteiger partial charge in [-0.2, -0.15) is 0 Å². The molecule has 0 radical (unpaired) electrons. The molecule has 0 bridgehead atoms. The zero-order chi connectivity index (χ0) is 17.2. The molecule has 1 atom stereocenters. The van der Waals surface area contributed by atoms with Gasteiger partial charge in [-0.15, -0.1) is 0 Å². The number of ether oxygens (including phenoxy) is 2. The highest BCUT2D eigenvalue weighted by Crippen LogP contribution is 2.09. The number of hydrogen-bond donors (Lipinski definition) is 0. The molecule has 23 heavy (non-hydrogen) atoms. The fourth-order valence-electron chi connectivity index (χ4n) is 1.68. The molecule has 0 aliphatic rings. The first-order valence-corrected chi connectivity index (χ1v) is 7.57. The van der Waals surface area contributed by atoms with Crippen LogP contribution in [-0.2, 0) is 23.9 Å². The summed E-state index contributed by atoms with van der Waals surface area (Å²) in [4.78, 5) is 35.1. The molecule has 1 aromatic rings. The Morgan fingerprint density at radius 3 is 2.26 bits per heavy atom. The summed E-state index contributed by atoms with van der Waals surface area (Å²) in [5.41, 5.74) is 0.697. The Balaban J connectivity index is 2.55. The van der Waals surface area contributed by atoms with Crippen molar-refractivity contribution in [3.05, 3.63) is 41.5 Å². The number of benzene rings is 1. The van der Waals surface area contributed by atoms with E-state index in [1.54, 1.807) is 19.1 Å². The van der Waals surface area contributed by atoms with Crippen LogP contribution >= 0.6 is 0 Å². The summed E-state index contributed by atoms with van der Waals surface area (Å²) in [6.45, 7) is 4.86. The second kappa shape index (κ2) is 9.56. The van der Waals surface area contributed by atoms with Gasteiger partial charge in [0.1, 0.15) is 18.8 Å². The summed E-state index contributed by atoms with van der Waals surface area (Å²) in [6.07, 6.45) is 2.17. The van der Waals surface area contributed by atoms with Crippen molar-refractivity contribution in [3.63, 3.8) is 0 Å². The van der Waals surface area contributed by atoms with Crippen molar-refractivity contribution in [2.45, 2.75) is 27.2 Å². The molecular formula is C18H22O5. The highest BCUT2D eigenvalue weighted by atomic mass is 16.6. The molecule has 0 saturated carbocycles. The summed E-state index contributed by atoms with van der Waals surface area (Å²) in [7, 11) is 0. The van der Waals surface area contributed by atoms with Crippen LogP contribution in [0.25, 0.3) is 6.08 Å². The number of carbonyl (C=O) groups is 3. The summed E-state index contributed by atoms with van der Waals surface area (Å²) in [5, 5.41) is 0. The molecule has 5 heteroatoms. The lowest BCUT2D eigenvalue weighted by Crippen LogP contribution is -2.20. The number of hydrogen-bond acceptors (Lipinski definition) is 5. The molecule has 0 aromatic heterocycles. The third-order valence-electron chi connectivity index (χ3n) is 3.29. The minimum atomic E-state index is -0.721. The molecule has 0 fully saturated rings. The third-order valence-corrected chi connectivity index (χ3v) is 3.29. The van der Waals surface area contributed by atoms with E-state index in [4.69, 9.17) is 9.47 Å².